The van der Waals surface area contributed by atoms with Gasteiger partial charge in [-0.25, -0.2) is 0 Å². The molecule has 2 aromatic carbocycles. The van der Waals surface area contributed by atoms with Crippen LogP contribution >= 0.6 is 23.2 Å². The fourth-order valence-corrected chi connectivity index (χ4v) is 5.85. The van der Waals surface area contributed by atoms with Crippen molar-refractivity contribution in [3.63, 3.8) is 0 Å². The fourth-order valence-electron chi connectivity index (χ4n) is 4.17. The van der Waals surface area contributed by atoms with Gasteiger partial charge in [0.1, 0.15) is 0 Å². The van der Waals surface area contributed by atoms with Gasteiger partial charge in [0, 0.05) is 47.0 Å². The third-order valence-corrected chi connectivity index (χ3v) is 8.29. The maximum atomic E-state index is 13.3. The number of piperazine rings is 1. The van der Waals surface area contributed by atoms with E-state index in [0.717, 1.165) is 5.69 Å². The second-order valence-electron chi connectivity index (χ2n) is 8.34. The summed E-state index contributed by atoms with van der Waals surface area (Å²) in [6.07, 6.45) is 2.73. The minimum Gasteiger partial charge on any atom is -0.365 e. The Morgan fingerprint density at radius 2 is 1.80 bits per heavy atom. The molecule has 1 amide bonds. The van der Waals surface area contributed by atoms with Gasteiger partial charge in [0.05, 0.1) is 38.9 Å². The number of ketones is 1. The van der Waals surface area contributed by atoms with Crippen LogP contribution in [0.3, 0.4) is 0 Å². The first-order valence-corrected chi connectivity index (χ1v) is 13.1. The third kappa shape index (κ3) is 5.55. The predicted octanol–water partition coefficient (Wildman–Crippen LogP) is 4.51. The van der Waals surface area contributed by atoms with Gasteiger partial charge in [-0.1, -0.05) is 29.3 Å². The van der Waals surface area contributed by atoms with E-state index in [0.29, 0.717) is 34.1 Å². The molecule has 3 aromatic rings. The Labute approximate surface area is 216 Å². The Hall–Kier alpha value is -2.81. The van der Waals surface area contributed by atoms with E-state index < -0.39 is 10.8 Å². The van der Waals surface area contributed by atoms with E-state index in [1.54, 1.807) is 12.1 Å². The zero-order valence-corrected chi connectivity index (χ0v) is 21.6. The van der Waals surface area contributed by atoms with Crippen molar-refractivity contribution < 1.29 is 13.8 Å². The zero-order chi connectivity index (χ0) is 25.1. The number of aromatic nitrogens is 2. The Bertz CT molecular complexity index is 1270. The number of nitrogens with zero attached hydrogens (tertiary/aromatic N) is 4. The molecular formula is C25H24Cl2N4O3S. The molecule has 0 radical (unpaired) electrons. The van der Waals surface area contributed by atoms with Gasteiger partial charge in [-0.3, -0.25) is 13.8 Å². The number of hydrogen-bond donors (Lipinski definition) is 0. The second kappa shape index (κ2) is 10.8. The highest BCUT2D eigenvalue weighted by molar-refractivity contribution is 7.86. The number of carbonyl (C=O) groups is 2. The molecule has 1 fully saturated rings. The summed E-state index contributed by atoms with van der Waals surface area (Å²) in [5.41, 5.74) is 1.77. The number of Topliss-reactive ketones (excluding diaryl/α,β-unsaturated/α-hetero) is 1. The van der Waals surface area contributed by atoms with E-state index in [2.05, 4.69) is 22.0 Å². The number of rotatable bonds is 6. The van der Waals surface area contributed by atoms with Gasteiger partial charge in [-0.05, 0) is 56.3 Å². The molecule has 0 bridgehead atoms. The lowest BCUT2D eigenvalue weighted by molar-refractivity contribution is 0.0634. The first-order chi connectivity index (χ1) is 16.8. The summed E-state index contributed by atoms with van der Waals surface area (Å²) < 4.78 is 12.8. The molecule has 0 spiro atoms. The summed E-state index contributed by atoms with van der Waals surface area (Å²) in [7, 11) is -1.66. The van der Waals surface area contributed by atoms with E-state index in [-0.39, 0.29) is 34.5 Å². The van der Waals surface area contributed by atoms with Crippen molar-refractivity contribution in [1.29, 1.82) is 0 Å². The van der Waals surface area contributed by atoms with Gasteiger partial charge in [0.2, 0.25) is 0 Å². The molecule has 182 valence electrons. The average molecular weight is 531 g/mol. The maximum Gasteiger partial charge on any atom is 0.254 e. The van der Waals surface area contributed by atoms with Crippen LogP contribution in [0.25, 0.3) is 0 Å². The third-order valence-electron chi connectivity index (χ3n) is 6.26. The van der Waals surface area contributed by atoms with Gasteiger partial charge in [0.15, 0.2) is 5.78 Å². The number of hydrogen-bond acceptors (Lipinski definition) is 6. The number of anilines is 1. The summed E-state index contributed by atoms with van der Waals surface area (Å²) in [6.45, 7) is 5.31. The topological polar surface area (TPSA) is 83.5 Å². The standard InChI is InChI=1S/C25H24Cl2N4O3S/c1-16-17(2)31(11-10-30(16)21-5-3-4-20(26)13-21)25(33)18-6-7-24(22(27)12-18)35(34)15-23(32)19-8-9-28-29-14-19/h3-9,12-14,16-17H,10-11,15H2,1-2H3/t16?,17-,35?/m0/s1. The van der Waals surface area contributed by atoms with Gasteiger partial charge in [-0.2, -0.15) is 10.2 Å². The molecule has 4 rings (SSSR count). The number of benzene rings is 2. The van der Waals surface area contributed by atoms with Crippen LogP contribution in [-0.2, 0) is 10.8 Å². The maximum absolute atomic E-state index is 13.3. The van der Waals surface area contributed by atoms with Crippen LogP contribution in [0.4, 0.5) is 5.69 Å². The molecule has 7 nitrogen and oxygen atoms in total. The van der Waals surface area contributed by atoms with Crippen LogP contribution in [0, 0.1) is 0 Å². The average Bonchev–Trinajstić information content (AvgIpc) is 2.85. The van der Waals surface area contributed by atoms with Crippen molar-refractivity contribution in [3.05, 3.63) is 82.1 Å². The Kier molecular flexibility index (Phi) is 7.84. The van der Waals surface area contributed by atoms with E-state index in [9.17, 15) is 13.8 Å². The molecule has 3 atom stereocenters. The van der Waals surface area contributed by atoms with Crippen LogP contribution in [0.1, 0.15) is 34.6 Å². The van der Waals surface area contributed by atoms with Gasteiger partial charge < -0.3 is 9.80 Å². The highest BCUT2D eigenvalue weighted by Gasteiger charge is 2.34. The lowest BCUT2D eigenvalue weighted by Gasteiger charge is -2.46. The quantitative estimate of drug-likeness (QED) is 0.436. The Morgan fingerprint density at radius 3 is 2.49 bits per heavy atom. The van der Waals surface area contributed by atoms with Crippen molar-refractivity contribution in [2.24, 2.45) is 0 Å². The van der Waals surface area contributed by atoms with Crippen molar-refractivity contribution in [1.82, 2.24) is 15.1 Å². The second-order valence-corrected chi connectivity index (χ2v) is 10.6. The zero-order valence-electron chi connectivity index (χ0n) is 19.2. The van der Waals surface area contributed by atoms with E-state index >= 15 is 0 Å². The minimum atomic E-state index is -1.66. The highest BCUT2D eigenvalue weighted by atomic mass is 35.5. The van der Waals surface area contributed by atoms with Crippen molar-refractivity contribution in [2.75, 3.05) is 23.7 Å². The van der Waals surface area contributed by atoms with Crippen LogP contribution in [0.2, 0.25) is 10.0 Å². The van der Waals surface area contributed by atoms with E-state index in [4.69, 9.17) is 23.2 Å². The molecule has 1 aliphatic rings. The molecule has 1 aromatic heterocycles. The summed E-state index contributed by atoms with van der Waals surface area (Å²) in [5, 5.41) is 8.16. The van der Waals surface area contributed by atoms with Gasteiger partial charge in [-0.15, -0.1) is 0 Å². The molecule has 0 N–H and O–H groups in total. The van der Waals surface area contributed by atoms with Crippen molar-refractivity contribution in [2.45, 2.75) is 30.8 Å². The Morgan fingerprint density at radius 1 is 1.00 bits per heavy atom. The van der Waals surface area contributed by atoms with Crippen LogP contribution in [0.5, 0.6) is 0 Å². The molecule has 2 heterocycles. The van der Waals surface area contributed by atoms with Gasteiger partial charge >= 0.3 is 0 Å². The molecule has 35 heavy (non-hydrogen) atoms. The molecule has 0 saturated carbocycles. The lowest BCUT2D eigenvalue weighted by Crippen LogP contribution is -2.59. The lowest BCUT2D eigenvalue weighted by atomic mass is 10.0. The molecule has 1 saturated heterocycles. The molecule has 10 heteroatoms. The van der Waals surface area contributed by atoms with Crippen molar-refractivity contribution in [3.8, 4) is 0 Å². The predicted molar refractivity (Wildman–Crippen MR) is 138 cm³/mol. The van der Waals surface area contributed by atoms with Crippen LogP contribution < -0.4 is 4.90 Å². The van der Waals surface area contributed by atoms with Crippen LogP contribution in [-0.4, -0.2) is 61.9 Å². The summed E-state index contributed by atoms with van der Waals surface area (Å²) in [4.78, 5) is 30.1. The number of carbonyl (C=O) groups excluding carboxylic acids is 2. The highest BCUT2D eigenvalue weighted by Crippen LogP contribution is 2.29. The SMILES string of the molecule is CC1[C@H](C)N(C(=O)c2ccc(S(=O)CC(=O)c3ccnnc3)c(Cl)c2)CCN1c1cccc(Cl)c1. The first-order valence-electron chi connectivity index (χ1n) is 11.1. The van der Waals surface area contributed by atoms with E-state index in [1.165, 1.54) is 24.5 Å². The summed E-state index contributed by atoms with van der Waals surface area (Å²) in [5.74, 6) is -0.707. The number of halogens is 2. The molecule has 1 aliphatic heterocycles. The van der Waals surface area contributed by atoms with Crippen LogP contribution in [0.15, 0.2) is 65.8 Å². The normalized spacial score (nSPS) is 18.9. The first kappa shape index (κ1) is 25.3. The van der Waals surface area contributed by atoms with Crippen molar-refractivity contribution >= 4 is 51.4 Å². The fraction of sp³-hybridized carbons (Fsp3) is 0.280. The minimum absolute atomic E-state index is 0.0607. The molecular weight excluding hydrogens is 507 g/mol. The smallest absolute Gasteiger partial charge is 0.254 e. The van der Waals surface area contributed by atoms with E-state index in [1.807, 2.05) is 36.1 Å². The van der Waals surface area contributed by atoms with Gasteiger partial charge in [0.25, 0.3) is 5.91 Å². The summed E-state index contributed by atoms with van der Waals surface area (Å²) in [6, 6.07) is 13.9. The molecule has 0 aliphatic carbocycles. The summed E-state index contributed by atoms with van der Waals surface area (Å²) >= 11 is 12.6. The largest absolute Gasteiger partial charge is 0.365 e. The monoisotopic (exact) mass is 530 g/mol. The molecule has 2 unspecified atom stereocenters. The number of amides is 1. The Balaban J connectivity index is 1.46.